The zero-order valence-electron chi connectivity index (χ0n) is 26.1. The molecule has 0 radical (unpaired) electrons. The van der Waals surface area contributed by atoms with Gasteiger partial charge in [-0.2, -0.15) is 0 Å². The van der Waals surface area contributed by atoms with Crippen LogP contribution in [0.5, 0.6) is 5.75 Å². The number of benzene rings is 5. The molecule has 46 heavy (non-hydrogen) atoms. The number of carboxylic acid groups (broad SMARTS) is 1. The lowest BCUT2D eigenvalue weighted by Gasteiger charge is -2.37. The number of amides is 1. The lowest BCUT2D eigenvalue weighted by molar-refractivity contribution is -0.142. The van der Waals surface area contributed by atoms with Crippen molar-refractivity contribution in [2.75, 3.05) is 13.7 Å². The predicted molar refractivity (Wildman–Crippen MR) is 183 cm³/mol. The molecular formula is C39H41N3O4. The summed E-state index contributed by atoms with van der Waals surface area (Å²) < 4.78 is 5.43. The minimum atomic E-state index is -1.07. The van der Waals surface area contributed by atoms with E-state index < -0.39 is 29.5 Å². The van der Waals surface area contributed by atoms with Crippen molar-refractivity contribution in [3.63, 3.8) is 0 Å². The summed E-state index contributed by atoms with van der Waals surface area (Å²) in [5.74, 6) is -0.762. The van der Waals surface area contributed by atoms with Gasteiger partial charge in [0.05, 0.1) is 18.7 Å². The smallest absolute Gasteiger partial charge is 0.326 e. The van der Waals surface area contributed by atoms with E-state index in [0.717, 1.165) is 38.8 Å². The van der Waals surface area contributed by atoms with Crippen molar-refractivity contribution >= 4 is 22.6 Å². The molecule has 1 amide bonds. The van der Waals surface area contributed by atoms with Gasteiger partial charge in [-0.15, -0.1) is 0 Å². The number of unbranched alkanes of at least 4 members (excludes halogenated alkanes) is 1. The maximum atomic E-state index is 13.0. The van der Waals surface area contributed by atoms with E-state index in [9.17, 15) is 14.7 Å². The summed E-state index contributed by atoms with van der Waals surface area (Å²) >= 11 is 0. The second-order valence-electron chi connectivity index (χ2n) is 11.5. The Morgan fingerprint density at radius 1 is 0.761 bits per heavy atom. The second kappa shape index (κ2) is 15.3. The van der Waals surface area contributed by atoms with Crippen LogP contribution in [0.25, 0.3) is 10.8 Å². The van der Waals surface area contributed by atoms with Crippen LogP contribution in [0.3, 0.4) is 0 Å². The van der Waals surface area contributed by atoms with Crippen LogP contribution < -0.4 is 21.1 Å². The Kier molecular flexibility index (Phi) is 10.8. The van der Waals surface area contributed by atoms with Gasteiger partial charge in [-0.05, 0) is 77.4 Å². The number of fused-ring (bicyclic) bond motifs is 1. The molecule has 0 aliphatic heterocycles. The number of hydrogen-bond acceptors (Lipinski definition) is 5. The van der Waals surface area contributed by atoms with Crippen molar-refractivity contribution in [3.8, 4) is 5.75 Å². The Morgan fingerprint density at radius 2 is 1.35 bits per heavy atom. The molecule has 0 unspecified atom stereocenters. The molecule has 5 aromatic carbocycles. The number of hydrogen-bond donors (Lipinski definition) is 4. The van der Waals surface area contributed by atoms with Crippen LogP contribution >= 0.6 is 0 Å². The highest BCUT2D eigenvalue weighted by molar-refractivity contribution is 5.89. The zero-order valence-corrected chi connectivity index (χ0v) is 26.1. The fourth-order valence-electron chi connectivity index (χ4n) is 6.11. The van der Waals surface area contributed by atoms with Crippen LogP contribution in [0.15, 0.2) is 127 Å². The molecule has 0 heterocycles. The Morgan fingerprint density at radius 3 is 1.98 bits per heavy atom. The maximum Gasteiger partial charge on any atom is 0.326 e. The van der Waals surface area contributed by atoms with E-state index in [0.29, 0.717) is 25.8 Å². The van der Waals surface area contributed by atoms with E-state index in [4.69, 9.17) is 10.5 Å². The molecule has 0 aromatic heterocycles. The van der Waals surface area contributed by atoms with Gasteiger partial charge in [-0.3, -0.25) is 10.1 Å². The normalized spacial score (nSPS) is 12.7. The van der Waals surface area contributed by atoms with Gasteiger partial charge in [0.25, 0.3) is 0 Å². The van der Waals surface area contributed by atoms with E-state index in [1.807, 2.05) is 91.0 Å². The zero-order chi connectivity index (χ0) is 32.4. The Labute approximate surface area is 270 Å². The molecule has 236 valence electrons. The number of carbonyl (C=O) groups is 2. The minimum Gasteiger partial charge on any atom is -0.497 e. The lowest BCUT2D eigenvalue weighted by atomic mass is 9.77. The van der Waals surface area contributed by atoms with Crippen LogP contribution in [0, 0.1) is 0 Å². The van der Waals surface area contributed by atoms with Gasteiger partial charge >= 0.3 is 5.97 Å². The van der Waals surface area contributed by atoms with Gasteiger partial charge < -0.3 is 20.9 Å². The van der Waals surface area contributed by atoms with Crippen molar-refractivity contribution in [1.82, 2.24) is 10.6 Å². The monoisotopic (exact) mass is 615 g/mol. The van der Waals surface area contributed by atoms with Crippen molar-refractivity contribution in [3.05, 3.63) is 150 Å². The van der Waals surface area contributed by atoms with Crippen LogP contribution in [0.4, 0.5) is 0 Å². The fourth-order valence-corrected chi connectivity index (χ4v) is 6.11. The summed E-state index contributed by atoms with van der Waals surface area (Å²) in [6.45, 7) is 0.608. The summed E-state index contributed by atoms with van der Waals surface area (Å²) in [6.07, 6.45) is 1.89. The van der Waals surface area contributed by atoms with Crippen molar-refractivity contribution < 1.29 is 19.4 Å². The fraction of sp³-hybridized carbons (Fsp3) is 0.231. The molecule has 7 nitrogen and oxygen atoms in total. The molecule has 5 aromatic rings. The van der Waals surface area contributed by atoms with Gasteiger partial charge in [0.15, 0.2) is 0 Å². The van der Waals surface area contributed by atoms with E-state index in [-0.39, 0.29) is 6.42 Å². The van der Waals surface area contributed by atoms with Gasteiger partial charge in [0.1, 0.15) is 11.8 Å². The van der Waals surface area contributed by atoms with Crippen molar-refractivity contribution in [1.29, 1.82) is 0 Å². The maximum absolute atomic E-state index is 13.0. The number of carbonyl (C=O) groups excluding carboxylic acids is 1. The minimum absolute atomic E-state index is 0.288. The van der Waals surface area contributed by atoms with Crippen LogP contribution in [-0.2, 0) is 21.5 Å². The summed E-state index contributed by atoms with van der Waals surface area (Å²) in [5, 5.41) is 18.5. The van der Waals surface area contributed by atoms with Gasteiger partial charge in [-0.25, -0.2) is 4.79 Å². The van der Waals surface area contributed by atoms with Crippen molar-refractivity contribution in [2.45, 2.75) is 43.3 Å². The molecule has 2 atom stereocenters. The summed E-state index contributed by atoms with van der Waals surface area (Å²) in [5.41, 5.74) is 9.81. The molecule has 0 fully saturated rings. The Hall–Kier alpha value is -4.98. The Bertz CT molecular complexity index is 1680. The average Bonchev–Trinajstić information content (AvgIpc) is 3.10. The third kappa shape index (κ3) is 7.45. The second-order valence-corrected chi connectivity index (χ2v) is 11.5. The van der Waals surface area contributed by atoms with Crippen LogP contribution in [0.1, 0.15) is 41.5 Å². The largest absolute Gasteiger partial charge is 0.497 e. The molecule has 0 saturated carbocycles. The van der Waals surface area contributed by atoms with Gasteiger partial charge in [-0.1, -0.05) is 115 Å². The molecule has 0 spiro atoms. The highest BCUT2D eigenvalue weighted by atomic mass is 16.5. The molecule has 0 aliphatic rings. The lowest BCUT2D eigenvalue weighted by Crippen LogP contribution is -2.49. The third-order valence-electron chi connectivity index (χ3n) is 8.52. The first-order chi connectivity index (χ1) is 22.4. The molecular weight excluding hydrogens is 574 g/mol. The highest BCUT2D eigenvalue weighted by Gasteiger charge is 2.35. The first-order valence-electron chi connectivity index (χ1n) is 15.7. The van der Waals surface area contributed by atoms with E-state index in [1.165, 1.54) is 0 Å². The molecule has 0 saturated heterocycles. The van der Waals surface area contributed by atoms with Crippen LogP contribution in [0.2, 0.25) is 0 Å². The van der Waals surface area contributed by atoms with Gasteiger partial charge in [0.2, 0.25) is 5.91 Å². The number of nitrogens with two attached hydrogens (primary N) is 1. The summed E-state index contributed by atoms with van der Waals surface area (Å²) in [4.78, 5) is 25.2. The van der Waals surface area contributed by atoms with E-state index >= 15 is 0 Å². The summed E-state index contributed by atoms with van der Waals surface area (Å²) in [6, 6.07) is 40.6. The number of carboxylic acids is 1. The van der Waals surface area contributed by atoms with Gasteiger partial charge in [0, 0.05) is 0 Å². The number of methoxy groups -OCH3 is 1. The van der Waals surface area contributed by atoms with E-state index in [1.54, 1.807) is 7.11 Å². The van der Waals surface area contributed by atoms with Crippen molar-refractivity contribution in [2.24, 2.45) is 5.73 Å². The number of aliphatic carboxylic acids is 1. The molecule has 7 heteroatoms. The number of ether oxygens (including phenoxy) is 1. The quantitative estimate of drug-likeness (QED) is 0.0844. The SMILES string of the molecule is COc1ccc(C(NCCCC[C@H](NC(=O)[C@@H](N)Cc2cccc3ccccc23)C(=O)O)(c2ccccc2)c2ccccc2)cc1. The standard InChI is InChI=1S/C39H41N3O4/c1-46-33-24-22-32(23-25-33)39(30-16-4-2-5-17-30,31-18-6-3-7-19-31)41-26-11-10-21-36(38(44)45)42-37(43)35(40)27-29-15-12-14-28-13-8-9-20-34(28)29/h2-9,12-20,22-25,35-36,41H,10-11,21,26-27,40H2,1H3,(H,42,43)(H,44,45)/t35-,36-/m0/s1. The predicted octanol–water partition coefficient (Wildman–Crippen LogP) is 6.04. The third-order valence-corrected chi connectivity index (χ3v) is 8.52. The van der Waals surface area contributed by atoms with E-state index in [2.05, 4.69) is 47.0 Å². The molecule has 5 rings (SSSR count). The molecule has 0 aliphatic carbocycles. The average molecular weight is 616 g/mol. The topological polar surface area (TPSA) is 114 Å². The molecule has 0 bridgehead atoms. The number of nitrogens with one attached hydrogen (secondary N) is 2. The summed E-state index contributed by atoms with van der Waals surface area (Å²) in [7, 11) is 1.65. The highest BCUT2D eigenvalue weighted by Crippen LogP contribution is 2.37. The number of rotatable bonds is 15. The van der Waals surface area contributed by atoms with Crippen LogP contribution in [-0.4, -0.2) is 42.7 Å². The first kappa shape index (κ1) is 32.4. The Balaban J connectivity index is 1.25. The first-order valence-corrected chi connectivity index (χ1v) is 15.7. The molecule has 5 N–H and O–H groups in total.